The molecule has 1 N–H and O–H groups in total. The van der Waals surface area contributed by atoms with E-state index in [1.165, 1.54) is 12.1 Å². The van der Waals surface area contributed by atoms with Gasteiger partial charge in [0.05, 0.1) is 5.92 Å². The number of carbonyl (C=O) groups excluding carboxylic acids is 3. The minimum absolute atomic E-state index is 0.0653. The molecule has 10 heteroatoms. The van der Waals surface area contributed by atoms with Crippen LogP contribution >= 0.6 is 0 Å². The van der Waals surface area contributed by atoms with E-state index in [0.717, 1.165) is 37.8 Å². The Labute approximate surface area is 165 Å². The SMILES string of the molecule is O=C(COC(=O)[C@H]1CC(=O)N(C2CCCC2)C1)Nc1ccc(OC(F)(F)F)cc1. The summed E-state index contributed by atoms with van der Waals surface area (Å²) in [5, 5.41) is 2.41. The second kappa shape index (κ2) is 8.71. The van der Waals surface area contributed by atoms with E-state index in [1.54, 1.807) is 4.90 Å². The number of benzene rings is 1. The smallest absolute Gasteiger partial charge is 0.455 e. The summed E-state index contributed by atoms with van der Waals surface area (Å²) in [5.41, 5.74) is 0.226. The van der Waals surface area contributed by atoms with Gasteiger partial charge >= 0.3 is 12.3 Å². The molecule has 158 valence electrons. The molecular formula is C19H21F3N2O5. The van der Waals surface area contributed by atoms with Gasteiger partial charge in [-0.25, -0.2) is 0 Å². The van der Waals surface area contributed by atoms with Crippen molar-refractivity contribution in [3.05, 3.63) is 24.3 Å². The molecule has 1 aromatic carbocycles. The van der Waals surface area contributed by atoms with Crippen LogP contribution in [0, 0.1) is 5.92 Å². The number of esters is 1. The minimum atomic E-state index is -4.80. The summed E-state index contributed by atoms with van der Waals surface area (Å²) in [5.74, 6) is -2.32. The van der Waals surface area contributed by atoms with Gasteiger partial charge in [-0.2, -0.15) is 0 Å². The van der Waals surface area contributed by atoms with Crippen LogP contribution in [0.15, 0.2) is 24.3 Å². The number of hydrogen-bond acceptors (Lipinski definition) is 5. The molecule has 29 heavy (non-hydrogen) atoms. The largest absolute Gasteiger partial charge is 0.573 e. The van der Waals surface area contributed by atoms with Gasteiger partial charge in [0.25, 0.3) is 5.91 Å². The van der Waals surface area contributed by atoms with Gasteiger partial charge in [0.2, 0.25) is 5.91 Å². The van der Waals surface area contributed by atoms with Gasteiger partial charge in [-0.1, -0.05) is 12.8 Å². The Bertz CT molecular complexity index is 760. The number of nitrogens with one attached hydrogen (secondary N) is 1. The third-order valence-corrected chi connectivity index (χ3v) is 4.97. The Kier molecular flexibility index (Phi) is 6.29. The van der Waals surface area contributed by atoms with Gasteiger partial charge in [-0.05, 0) is 37.1 Å². The lowest BCUT2D eigenvalue weighted by molar-refractivity contribution is -0.274. The summed E-state index contributed by atoms with van der Waals surface area (Å²) in [6.07, 6.45) is -0.670. The lowest BCUT2D eigenvalue weighted by Crippen LogP contribution is -2.35. The van der Waals surface area contributed by atoms with Crippen molar-refractivity contribution >= 4 is 23.5 Å². The maximum atomic E-state index is 12.2. The van der Waals surface area contributed by atoms with Gasteiger partial charge < -0.3 is 19.7 Å². The van der Waals surface area contributed by atoms with Crippen molar-refractivity contribution in [2.75, 3.05) is 18.5 Å². The predicted molar refractivity (Wildman–Crippen MR) is 94.8 cm³/mol. The van der Waals surface area contributed by atoms with Crippen LogP contribution in [-0.2, 0) is 19.1 Å². The molecular weight excluding hydrogens is 393 g/mol. The van der Waals surface area contributed by atoms with Crippen molar-refractivity contribution in [1.82, 2.24) is 4.90 Å². The van der Waals surface area contributed by atoms with Crippen molar-refractivity contribution in [2.24, 2.45) is 5.92 Å². The molecule has 0 radical (unpaired) electrons. The molecule has 0 unspecified atom stereocenters. The summed E-state index contributed by atoms with van der Waals surface area (Å²) >= 11 is 0. The first-order valence-electron chi connectivity index (χ1n) is 9.33. The van der Waals surface area contributed by atoms with Gasteiger partial charge in [0.15, 0.2) is 6.61 Å². The molecule has 1 heterocycles. The molecule has 0 bridgehead atoms. The number of ether oxygens (including phenoxy) is 2. The molecule has 0 spiro atoms. The zero-order valence-corrected chi connectivity index (χ0v) is 15.5. The van der Waals surface area contributed by atoms with E-state index >= 15 is 0 Å². The van der Waals surface area contributed by atoms with Gasteiger partial charge in [-0.15, -0.1) is 13.2 Å². The fraction of sp³-hybridized carbons (Fsp3) is 0.526. The maximum Gasteiger partial charge on any atom is 0.573 e. The molecule has 1 atom stereocenters. The number of alkyl halides is 3. The van der Waals surface area contributed by atoms with Crippen LogP contribution in [0.4, 0.5) is 18.9 Å². The first-order valence-corrected chi connectivity index (χ1v) is 9.33. The van der Waals surface area contributed by atoms with E-state index in [4.69, 9.17) is 4.74 Å². The van der Waals surface area contributed by atoms with E-state index in [0.29, 0.717) is 6.54 Å². The van der Waals surface area contributed by atoms with Crippen LogP contribution in [-0.4, -0.2) is 48.2 Å². The molecule has 2 fully saturated rings. The van der Waals surface area contributed by atoms with Crippen molar-refractivity contribution in [1.29, 1.82) is 0 Å². The highest BCUT2D eigenvalue weighted by atomic mass is 19.4. The zero-order valence-electron chi connectivity index (χ0n) is 15.5. The van der Waals surface area contributed by atoms with E-state index < -0.39 is 36.5 Å². The highest BCUT2D eigenvalue weighted by Gasteiger charge is 2.39. The van der Waals surface area contributed by atoms with Gasteiger partial charge in [0, 0.05) is 24.7 Å². The topological polar surface area (TPSA) is 84.9 Å². The molecule has 1 aliphatic carbocycles. The molecule has 2 aliphatic rings. The highest BCUT2D eigenvalue weighted by Crippen LogP contribution is 2.30. The molecule has 1 aliphatic heterocycles. The minimum Gasteiger partial charge on any atom is -0.455 e. The van der Waals surface area contributed by atoms with Crippen molar-refractivity contribution in [3.8, 4) is 5.75 Å². The molecule has 7 nitrogen and oxygen atoms in total. The number of halogens is 3. The molecule has 1 saturated carbocycles. The summed E-state index contributed by atoms with van der Waals surface area (Å²) in [6.45, 7) is -0.238. The van der Waals surface area contributed by atoms with E-state index in [-0.39, 0.29) is 24.1 Å². The van der Waals surface area contributed by atoms with E-state index in [1.807, 2.05) is 0 Å². The van der Waals surface area contributed by atoms with Crippen molar-refractivity contribution < 1.29 is 37.0 Å². The maximum absolute atomic E-state index is 12.2. The fourth-order valence-electron chi connectivity index (χ4n) is 3.65. The molecule has 1 saturated heterocycles. The number of rotatable bonds is 6. The first-order chi connectivity index (χ1) is 13.7. The number of carbonyl (C=O) groups is 3. The normalized spacial score (nSPS) is 20.0. The van der Waals surface area contributed by atoms with Crippen LogP contribution in [0.3, 0.4) is 0 Å². The monoisotopic (exact) mass is 414 g/mol. The van der Waals surface area contributed by atoms with Crippen LogP contribution in [0.1, 0.15) is 32.1 Å². The predicted octanol–water partition coefficient (Wildman–Crippen LogP) is 2.86. The Balaban J connectivity index is 1.43. The standard InChI is InChI=1S/C19H21F3N2O5/c20-19(21,22)29-15-7-5-13(6-8-15)23-16(25)11-28-18(27)12-9-17(26)24(10-12)14-3-1-2-4-14/h5-8,12,14H,1-4,9-11H2,(H,23,25)/t12-/m0/s1. The number of likely N-dealkylation sites (tertiary alicyclic amines) is 1. The Morgan fingerprint density at radius 3 is 2.41 bits per heavy atom. The highest BCUT2D eigenvalue weighted by molar-refractivity contribution is 5.93. The van der Waals surface area contributed by atoms with Gasteiger partial charge in [0.1, 0.15) is 5.75 Å². The first kappa shape index (κ1) is 20.9. The third-order valence-electron chi connectivity index (χ3n) is 4.97. The average molecular weight is 414 g/mol. The Morgan fingerprint density at radius 2 is 1.79 bits per heavy atom. The van der Waals surface area contributed by atoms with Crippen LogP contribution in [0.25, 0.3) is 0 Å². The molecule has 1 aromatic rings. The molecule has 0 aromatic heterocycles. The van der Waals surface area contributed by atoms with Gasteiger partial charge in [-0.3, -0.25) is 14.4 Å². The van der Waals surface area contributed by atoms with Crippen molar-refractivity contribution in [3.63, 3.8) is 0 Å². The molecule has 2 amide bonds. The number of nitrogens with zero attached hydrogens (tertiary/aromatic N) is 1. The number of hydrogen-bond donors (Lipinski definition) is 1. The van der Waals surface area contributed by atoms with E-state index in [9.17, 15) is 27.6 Å². The van der Waals surface area contributed by atoms with Crippen molar-refractivity contribution in [2.45, 2.75) is 44.5 Å². The van der Waals surface area contributed by atoms with Crippen LogP contribution in [0.2, 0.25) is 0 Å². The Hall–Kier alpha value is -2.78. The summed E-state index contributed by atoms with van der Waals surface area (Å²) in [7, 11) is 0. The lowest BCUT2D eigenvalue weighted by Gasteiger charge is -2.23. The van der Waals surface area contributed by atoms with E-state index in [2.05, 4.69) is 10.1 Å². The number of amides is 2. The fourth-order valence-corrected chi connectivity index (χ4v) is 3.65. The summed E-state index contributed by atoms with van der Waals surface area (Å²) in [4.78, 5) is 38.0. The second-order valence-corrected chi connectivity index (χ2v) is 7.11. The zero-order chi connectivity index (χ0) is 21.0. The average Bonchev–Trinajstić information content (AvgIpc) is 3.29. The lowest BCUT2D eigenvalue weighted by atomic mass is 10.1. The molecule has 3 rings (SSSR count). The quantitative estimate of drug-likeness (QED) is 0.724. The van der Waals surface area contributed by atoms with Crippen LogP contribution in [0.5, 0.6) is 5.75 Å². The summed E-state index contributed by atoms with van der Waals surface area (Å²) < 4.78 is 45.1. The third kappa shape index (κ3) is 5.85. The second-order valence-electron chi connectivity index (χ2n) is 7.11. The Morgan fingerprint density at radius 1 is 1.14 bits per heavy atom. The summed E-state index contributed by atoms with van der Waals surface area (Å²) in [6, 6.07) is 4.76. The van der Waals surface area contributed by atoms with Crippen LogP contribution < -0.4 is 10.1 Å². The number of anilines is 1.